The van der Waals surface area contributed by atoms with Crippen LogP contribution in [-0.4, -0.2) is 45.7 Å². The predicted molar refractivity (Wildman–Crippen MR) is 80.7 cm³/mol. The molecule has 0 saturated heterocycles. The molecule has 0 aliphatic heterocycles. The third-order valence-corrected chi connectivity index (χ3v) is 3.27. The highest BCUT2D eigenvalue weighted by atomic mass is 35.5. The second-order valence-corrected chi connectivity index (χ2v) is 5.27. The van der Waals surface area contributed by atoms with E-state index < -0.39 is 0 Å². The quantitative estimate of drug-likeness (QED) is 0.824. The van der Waals surface area contributed by atoms with Gasteiger partial charge in [-0.15, -0.1) is 0 Å². The Balaban J connectivity index is 2.73. The van der Waals surface area contributed by atoms with E-state index in [-0.39, 0.29) is 0 Å². The molecule has 0 fully saturated rings. The van der Waals surface area contributed by atoms with Gasteiger partial charge in [0.25, 0.3) is 0 Å². The van der Waals surface area contributed by atoms with Crippen molar-refractivity contribution in [3.05, 3.63) is 28.8 Å². The Labute approximate surface area is 116 Å². The lowest BCUT2D eigenvalue weighted by molar-refractivity contribution is 0.401. The highest BCUT2D eigenvalue weighted by Crippen LogP contribution is 2.29. The highest BCUT2D eigenvalue weighted by molar-refractivity contribution is 6.33. The molecule has 0 radical (unpaired) electrons. The van der Waals surface area contributed by atoms with Crippen LogP contribution in [0.15, 0.2) is 18.2 Å². The molecular formula is C14H24ClN3. The smallest absolute Gasteiger partial charge is 0.0642 e. The Morgan fingerprint density at radius 1 is 1.17 bits per heavy atom. The van der Waals surface area contributed by atoms with E-state index in [2.05, 4.69) is 37.0 Å². The van der Waals surface area contributed by atoms with Crippen molar-refractivity contribution in [3.8, 4) is 0 Å². The Kier molecular flexibility index (Phi) is 6.47. The monoisotopic (exact) mass is 269 g/mol. The Bertz CT molecular complexity index is 366. The number of halogens is 1. The van der Waals surface area contributed by atoms with Gasteiger partial charge in [-0.05, 0) is 51.7 Å². The van der Waals surface area contributed by atoms with Crippen molar-refractivity contribution in [2.75, 3.05) is 45.7 Å². The van der Waals surface area contributed by atoms with Crippen LogP contribution < -0.4 is 10.6 Å². The second kappa shape index (κ2) is 7.62. The molecule has 0 bridgehead atoms. The zero-order valence-electron chi connectivity index (χ0n) is 11.6. The van der Waals surface area contributed by atoms with Crippen LogP contribution in [-0.2, 0) is 6.42 Å². The van der Waals surface area contributed by atoms with E-state index in [0.717, 1.165) is 36.6 Å². The summed E-state index contributed by atoms with van der Waals surface area (Å²) in [6.45, 7) is 2.74. The summed E-state index contributed by atoms with van der Waals surface area (Å²) in [7, 11) is 6.28. The maximum Gasteiger partial charge on any atom is 0.0642 e. The molecule has 0 saturated carbocycles. The molecule has 1 aromatic carbocycles. The van der Waals surface area contributed by atoms with Gasteiger partial charge in [0.05, 0.1) is 10.7 Å². The molecule has 0 heterocycles. The lowest BCUT2D eigenvalue weighted by Gasteiger charge is -2.24. The molecule has 0 aliphatic carbocycles. The largest absolute Gasteiger partial charge is 0.373 e. The van der Waals surface area contributed by atoms with Crippen molar-refractivity contribution >= 4 is 17.3 Å². The summed E-state index contributed by atoms with van der Waals surface area (Å²) >= 11 is 6.31. The summed E-state index contributed by atoms with van der Waals surface area (Å²) in [5.41, 5.74) is 8.01. The van der Waals surface area contributed by atoms with Crippen LogP contribution in [0.1, 0.15) is 12.0 Å². The molecule has 0 atom stereocenters. The topological polar surface area (TPSA) is 32.5 Å². The number of nitrogens with two attached hydrogens (primary N) is 1. The van der Waals surface area contributed by atoms with Gasteiger partial charge in [0.2, 0.25) is 0 Å². The fraction of sp³-hybridized carbons (Fsp3) is 0.571. The molecule has 0 aromatic heterocycles. The van der Waals surface area contributed by atoms with Gasteiger partial charge in [-0.3, -0.25) is 0 Å². The third-order valence-electron chi connectivity index (χ3n) is 2.96. The summed E-state index contributed by atoms with van der Waals surface area (Å²) in [4.78, 5) is 4.43. The SMILES string of the molecule is CN(C)CCCN(C)c1c(Cl)cccc1CCN. The minimum atomic E-state index is 0.652. The van der Waals surface area contributed by atoms with E-state index in [1.165, 1.54) is 5.56 Å². The van der Waals surface area contributed by atoms with Crippen molar-refractivity contribution in [2.45, 2.75) is 12.8 Å². The van der Waals surface area contributed by atoms with Gasteiger partial charge in [-0.2, -0.15) is 0 Å². The number of rotatable bonds is 7. The van der Waals surface area contributed by atoms with Gasteiger partial charge >= 0.3 is 0 Å². The standard InChI is InChI=1S/C14H24ClN3/c1-17(2)10-5-11-18(3)14-12(8-9-16)6-4-7-13(14)15/h4,6-7H,5,8-11,16H2,1-3H3. The minimum Gasteiger partial charge on any atom is -0.373 e. The van der Waals surface area contributed by atoms with Crippen LogP contribution in [0.5, 0.6) is 0 Å². The van der Waals surface area contributed by atoms with Gasteiger partial charge in [-0.25, -0.2) is 0 Å². The number of nitrogens with zero attached hydrogens (tertiary/aromatic N) is 2. The summed E-state index contributed by atoms with van der Waals surface area (Å²) in [6.07, 6.45) is 1.99. The third kappa shape index (κ3) is 4.48. The van der Waals surface area contributed by atoms with Gasteiger partial charge in [0.1, 0.15) is 0 Å². The number of para-hydroxylation sites is 1. The zero-order chi connectivity index (χ0) is 13.5. The number of hydrogen-bond donors (Lipinski definition) is 1. The van der Waals surface area contributed by atoms with Gasteiger partial charge in [-0.1, -0.05) is 23.7 Å². The molecule has 1 rings (SSSR count). The van der Waals surface area contributed by atoms with Crippen LogP contribution in [0.2, 0.25) is 5.02 Å². The first-order valence-electron chi connectivity index (χ1n) is 6.39. The summed E-state index contributed by atoms with van der Waals surface area (Å²) in [5.74, 6) is 0. The van der Waals surface area contributed by atoms with Crippen molar-refractivity contribution in [3.63, 3.8) is 0 Å². The van der Waals surface area contributed by atoms with Gasteiger partial charge < -0.3 is 15.5 Å². The van der Waals surface area contributed by atoms with Crippen molar-refractivity contribution in [2.24, 2.45) is 5.73 Å². The first-order valence-corrected chi connectivity index (χ1v) is 6.77. The summed E-state index contributed by atoms with van der Waals surface area (Å²) in [5, 5.41) is 0.813. The molecule has 4 heteroatoms. The number of anilines is 1. The second-order valence-electron chi connectivity index (χ2n) is 4.86. The van der Waals surface area contributed by atoms with Gasteiger partial charge in [0.15, 0.2) is 0 Å². The van der Waals surface area contributed by atoms with Crippen LogP contribution in [0.4, 0.5) is 5.69 Å². The van der Waals surface area contributed by atoms with Crippen molar-refractivity contribution in [1.82, 2.24) is 4.90 Å². The lowest BCUT2D eigenvalue weighted by atomic mass is 10.1. The Hall–Kier alpha value is -0.770. The fourth-order valence-corrected chi connectivity index (χ4v) is 2.42. The van der Waals surface area contributed by atoms with E-state index in [1.807, 2.05) is 12.1 Å². The van der Waals surface area contributed by atoms with E-state index in [0.29, 0.717) is 6.54 Å². The Morgan fingerprint density at radius 3 is 2.50 bits per heavy atom. The van der Waals surface area contributed by atoms with E-state index >= 15 is 0 Å². The normalized spacial score (nSPS) is 11.0. The number of benzene rings is 1. The number of hydrogen-bond acceptors (Lipinski definition) is 3. The maximum absolute atomic E-state index is 6.31. The molecular weight excluding hydrogens is 246 g/mol. The lowest BCUT2D eigenvalue weighted by Crippen LogP contribution is -2.24. The van der Waals surface area contributed by atoms with E-state index in [9.17, 15) is 0 Å². The molecule has 2 N–H and O–H groups in total. The molecule has 3 nitrogen and oxygen atoms in total. The first-order chi connectivity index (χ1) is 8.56. The van der Waals surface area contributed by atoms with Crippen molar-refractivity contribution in [1.29, 1.82) is 0 Å². The van der Waals surface area contributed by atoms with E-state index in [1.54, 1.807) is 0 Å². The predicted octanol–water partition coefficient (Wildman–Crippen LogP) is 2.23. The molecule has 0 amide bonds. The van der Waals surface area contributed by atoms with Crippen LogP contribution in [0.3, 0.4) is 0 Å². The van der Waals surface area contributed by atoms with Crippen LogP contribution >= 0.6 is 11.6 Å². The average Bonchev–Trinajstić information content (AvgIpc) is 2.28. The zero-order valence-corrected chi connectivity index (χ0v) is 12.4. The summed E-state index contributed by atoms with van der Waals surface area (Å²) < 4.78 is 0. The molecule has 18 heavy (non-hydrogen) atoms. The summed E-state index contributed by atoms with van der Waals surface area (Å²) in [6, 6.07) is 6.04. The maximum atomic E-state index is 6.31. The van der Waals surface area contributed by atoms with Crippen LogP contribution in [0.25, 0.3) is 0 Å². The van der Waals surface area contributed by atoms with Crippen molar-refractivity contribution < 1.29 is 0 Å². The molecule has 102 valence electrons. The molecule has 0 unspecified atom stereocenters. The molecule has 0 aliphatic rings. The molecule has 1 aromatic rings. The average molecular weight is 270 g/mol. The highest BCUT2D eigenvalue weighted by Gasteiger charge is 2.11. The van der Waals surface area contributed by atoms with Crippen LogP contribution in [0, 0.1) is 0 Å². The minimum absolute atomic E-state index is 0.652. The molecule has 0 spiro atoms. The Morgan fingerprint density at radius 2 is 1.89 bits per heavy atom. The van der Waals surface area contributed by atoms with E-state index in [4.69, 9.17) is 17.3 Å². The fourth-order valence-electron chi connectivity index (χ4n) is 2.08. The van der Waals surface area contributed by atoms with Gasteiger partial charge in [0, 0.05) is 13.6 Å². The first kappa shape index (κ1) is 15.3.